The van der Waals surface area contributed by atoms with Crippen molar-refractivity contribution in [1.29, 1.82) is 0 Å². The van der Waals surface area contributed by atoms with Crippen molar-refractivity contribution in [2.24, 2.45) is 0 Å². The molecular weight excluding hydrogens is 443 g/mol. The first-order valence-corrected chi connectivity index (χ1v) is 10.6. The SMILES string of the molecule is CC(=S)NCC1CN(c2ccc(N3CCN(C(=S)c4nnco4)CC3)c(F)c2)C(=O)O1. The summed E-state index contributed by atoms with van der Waals surface area (Å²) >= 11 is 10.4. The van der Waals surface area contributed by atoms with Crippen LogP contribution in [0.4, 0.5) is 20.6 Å². The second kappa shape index (κ2) is 9.10. The molecule has 4 rings (SSSR count). The van der Waals surface area contributed by atoms with Crippen LogP contribution in [0.2, 0.25) is 0 Å². The molecule has 3 heterocycles. The van der Waals surface area contributed by atoms with Gasteiger partial charge in [-0.1, -0.05) is 24.4 Å². The Morgan fingerprint density at radius 2 is 2.06 bits per heavy atom. The predicted molar refractivity (Wildman–Crippen MR) is 120 cm³/mol. The summed E-state index contributed by atoms with van der Waals surface area (Å²) in [6, 6.07) is 4.79. The van der Waals surface area contributed by atoms with Crippen LogP contribution >= 0.6 is 24.4 Å². The number of nitrogens with one attached hydrogen (secondary N) is 1. The number of amides is 1. The minimum Gasteiger partial charge on any atom is -0.442 e. The molecule has 31 heavy (non-hydrogen) atoms. The van der Waals surface area contributed by atoms with Gasteiger partial charge >= 0.3 is 6.09 Å². The predicted octanol–water partition coefficient (Wildman–Crippen LogP) is 1.97. The number of hydrogen-bond donors (Lipinski definition) is 1. The van der Waals surface area contributed by atoms with E-state index in [9.17, 15) is 9.18 Å². The van der Waals surface area contributed by atoms with Crippen molar-refractivity contribution in [3.8, 4) is 0 Å². The van der Waals surface area contributed by atoms with Crippen molar-refractivity contribution < 1.29 is 18.3 Å². The Morgan fingerprint density at radius 3 is 2.71 bits per heavy atom. The Bertz CT molecular complexity index is 981. The van der Waals surface area contributed by atoms with Gasteiger partial charge < -0.3 is 24.3 Å². The van der Waals surface area contributed by atoms with Crippen LogP contribution in [0.3, 0.4) is 0 Å². The van der Waals surface area contributed by atoms with Gasteiger partial charge in [0.2, 0.25) is 6.39 Å². The van der Waals surface area contributed by atoms with E-state index < -0.39 is 11.9 Å². The maximum absolute atomic E-state index is 14.9. The lowest BCUT2D eigenvalue weighted by Gasteiger charge is -2.36. The summed E-state index contributed by atoms with van der Waals surface area (Å²) in [7, 11) is 0. The first-order valence-electron chi connectivity index (χ1n) is 9.75. The Balaban J connectivity index is 1.38. The smallest absolute Gasteiger partial charge is 0.414 e. The van der Waals surface area contributed by atoms with Gasteiger partial charge in [0.1, 0.15) is 11.9 Å². The van der Waals surface area contributed by atoms with E-state index in [-0.39, 0.29) is 6.10 Å². The second-order valence-corrected chi connectivity index (χ2v) is 8.21. The third-order valence-electron chi connectivity index (χ3n) is 5.15. The maximum atomic E-state index is 14.9. The van der Waals surface area contributed by atoms with Crippen molar-refractivity contribution in [2.45, 2.75) is 13.0 Å². The van der Waals surface area contributed by atoms with E-state index in [4.69, 9.17) is 33.6 Å². The summed E-state index contributed by atoms with van der Waals surface area (Å²) in [4.78, 5) is 18.7. The van der Waals surface area contributed by atoms with Crippen LogP contribution in [-0.4, -0.2) is 76.5 Å². The van der Waals surface area contributed by atoms with E-state index in [1.165, 1.54) is 17.4 Å². The number of aromatic nitrogens is 2. The normalized spacial score (nSPS) is 18.8. The second-order valence-electron chi connectivity index (χ2n) is 7.21. The van der Waals surface area contributed by atoms with E-state index in [0.717, 1.165) is 0 Å². The number of thiocarbonyl (C=S) groups is 2. The van der Waals surface area contributed by atoms with Gasteiger partial charge in [0, 0.05) is 26.2 Å². The molecule has 1 amide bonds. The van der Waals surface area contributed by atoms with Gasteiger partial charge in [0.25, 0.3) is 5.89 Å². The highest BCUT2D eigenvalue weighted by molar-refractivity contribution is 7.80. The molecule has 2 saturated heterocycles. The van der Waals surface area contributed by atoms with Crippen molar-refractivity contribution >= 4 is 51.9 Å². The van der Waals surface area contributed by atoms with Crippen LogP contribution in [0.5, 0.6) is 0 Å². The molecule has 0 saturated carbocycles. The molecule has 0 bridgehead atoms. The molecule has 0 spiro atoms. The molecule has 2 fully saturated rings. The van der Waals surface area contributed by atoms with E-state index >= 15 is 0 Å². The van der Waals surface area contributed by atoms with Crippen LogP contribution in [0, 0.1) is 5.82 Å². The lowest BCUT2D eigenvalue weighted by atomic mass is 10.2. The Kier molecular flexibility index (Phi) is 6.28. The van der Waals surface area contributed by atoms with E-state index in [1.807, 2.05) is 9.80 Å². The molecule has 1 aromatic carbocycles. The number of cyclic esters (lactones) is 1. The lowest BCUT2D eigenvalue weighted by molar-refractivity contribution is 0.143. The van der Waals surface area contributed by atoms with Gasteiger partial charge in [-0.15, -0.1) is 10.2 Å². The number of hydrogen-bond acceptors (Lipinski definition) is 8. The van der Waals surface area contributed by atoms with E-state index in [1.54, 1.807) is 19.1 Å². The van der Waals surface area contributed by atoms with Gasteiger partial charge in [-0.2, -0.15) is 0 Å². The number of nitrogens with zero attached hydrogens (tertiary/aromatic N) is 5. The topological polar surface area (TPSA) is 87.0 Å². The summed E-state index contributed by atoms with van der Waals surface area (Å²) in [5, 5.41) is 10.5. The molecule has 1 N–H and O–H groups in total. The molecule has 0 radical (unpaired) electrons. The third kappa shape index (κ3) is 4.74. The van der Waals surface area contributed by atoms with Crippen LogP contribution in [0.1, 0.15) is 12.8 Å². The molecule has 9 nitrogen and oxygen atoms in total. The van der Waals surface area contributed by atoms with Crippen molar-refractivity contribution in [2.75, 3.05) is 49.1 Å². The maximum Gasteiger partial charge on any atom is 0.414 e. The zero-order valence-corrected chi connectivity index (χ0v) is 18.4. The van der Waals surface area contributed by atoms with Crippen molar-refractivity contribution in [3.63, 3.8) is 0 Å². The minimum atomic E-state index is -0.496. The summed E-state index contributed by atoms with van der Waals surface area (Å²) in [5.74, 6) is -0.0831. The first kappa shape index (κ1) is 21.4. The van der Waals surface area contributed by atoms with Crippen LogP contribution in [0.25, 0.3) is 0 Å². The summed E-state index contributed by atoms with van der Waals surface area (Å²) in [6.45, 7) is 4.90. The fourth-order valence-electron chi connectivity index (χ4n) is 3.57. The third-order valence-corrected chi connectivity index (χ3v) is 5.72. The number of piperazine rings is 1. The van der Waals surface area contributed by atoms with Gasteiger partial charge in [-0.05, 0) is 25.1 Å². The van der Waals surface area contributed by atoms with Gasteiger partial charge in [0.15, 0.2) is 4.99 Å². The number of carbonyl (C=O) groups excluding carboxylic acids is 1. The Morgan fingerprint density at radius 1 is 1.29 bits per heavy atom. The summed E-state index contributed by atoms with van der Waals surface area (Å²) < 4.78 is 25.4. The average Bonchev–Trinajstić information content (AvgIpc) is 3.42. The summed E-state index contributed by atoms with van der Waals surface area (Å²) in [5.41, 5.74) is 0.943. The highest BCUT2D eigenvalue weighted by Gasteiger charge is 2.33. The molecule has 164 valence electrons. The van der Waals surface area contributed by atoms with Gasteiger partial charge in [-0.3, -0.25) is 4.90 Å². The number of halogens is 1. The molecule has 1 aromatic heterocycles. The molecule has 2 aromatic rings. The molecule has 2 aliphatic rings. The largest absolute Gasteiger partial charge is 0.442 e. The number of anilines is 2. The Labute approximate surface area is 189 Å². The fourth-order valence-corrected chi connectivity index (χ4v) is 3.92. The average molecular weight is 465 g/mol. The molecule has 0 aliphatic carbocycles. The molecule has 12 heteroatoms. The summed E-state index contributed by atoms with van der Waals surface area (Å²) in [6.07, 6.45) is 0.399. The number of ether oxygens (including phenoxy) is 1. The zero-order chi connectivity index (χ0) is 22.0. The fraction of sp³-hybridized carbons (Fsp3) is 0.421. The van der Waals surface area contributed by atoms with E-state index in [2.05, 4.69) is 15.5 Å². The standard InChI is InChI=1S/C19H21FN6O3S2/c1-12(30)21-9-14-10-26(19(27)29-14)13-2-3-16(15(20)8-13)24-4-6-25(7-5-24)18(31)17-23-22-11-28-17/h2-3,8,11,14H,4-7,9-10H2,1H3,(H,21,30). The Hall–Kier alpha value is -2.86. The molecule has 1 atom stereocenters. The lowest BCUT2D eigenvalue weighted by Crippen LogP contribution is -2.48. The highest BCUT2D eigenvalue weighted by atomic mass is 32.1. The number of carbonyl (C=O) groups is 1. The quantitative estimate of drug-likeness (QED) is 0.663. The van der Waals surface area contributed by atoms with Gasteiger partial charge in [0.05, 0.1) is 29.5 Å². The highest BCUT2D eigenvalue weighted by Crippen LogP contribution is 2.28. The van der Waals surface area contributed by atoms with E-state index in [0.29, 0.717) is 66.5 Å². The zero-order valence-electron chi connectivity index (χ0n) is 16.8. The monoisotopic (exact) mass is 464 g/mol. The van der Waals surface area contributed by atoms with Crippen LogP contribution < -0.4 is 15.1 Å². The first-order chi connectivity index (χ1) is 14.9. The van der Waals surface area contributed by atoms with Crippen molar-refractivity contribution in [3.05, 3.63) is 36.3 Å². The van der Waals surface area contributed by atoms with Crippen molar-refractivity contribution in [1.82, 2.24) is 20.4 Å². The van der Waals surface area contributed by atoms with Crippen LogP contribution in [-0.2, 0) is 4.74 Å². The number of rotatable bonds is 5. The number of benzene rings is 1. The molecular formula is C19H21FN6O3S2. The minimum absolute atomic E-state index is 0.311. The molecule has 1 unspecified atom stereocenters. The van der Waals surface area contributed by atoms with Crippen LogP contribution in [0.15, 0.2) is 29.0 Å². The molecule has 2 aliphatic heterocycles. The van der Waals surface area contributed by atoms with Gasteiger partial charge in [-0.25, -0.2) is 9.18 Å².